The van der Waals surface area contributed by atoms with E-state index in [9.17, 15) is 0 Å². The van der Waals surface area contributed by atoms with E-state index in [0.717, 1.165) is 5.69 Å². The molecule has 6 aromatic carbocycles. The highest BCUT2D eigenvalue weighted by Gasteiger charge is 2.24. The lowest BCUT2D eigenvalue weighted by molar-refractivity contribution is 0.759. The number of nitrogens with one attached hydrogen (secondary N) is 1. The van der Waals surface area contributed by atoms with Crippen molar-refractivity contribution < 1.29 is 0 Å². The highest BCUT2D eigenvalue weighted by Crippen LogP contribution is 2.38. The largest absolute Gasteiger partial charge is 0.378 e. The Labute approximate surface area is 254 Å². The minimum atomic E-state index is 0.109. The summed E-state index contributed by atoms with van der Waals surface area (Å²) in [5, 5.41) is 3.84. The van der Waals surface area contributed by atoms with Crippen molar-refractivity contribution in [3.8, 4) is 33.4 Å². The molecule has 43 heavy (non-hydrogen) atoms. The van der Waals surface area contributed by atoms with Crippen molar-refractivity contribution >= 4 is 11.3 Å². The number of anilines is 1. The summed E-state index contributed by atoms with van der Waals surface area (Å²) in [4.78, 5) is 0. The second-order valence-corrected chi connectivity index (χ2v) is 11.0. The standard InChI is InChI=1S/C42H33N/c1-4-12-31(13-5-1)33-20-22-36(23-21-33)41-30-37(40-19-11-10-18-39(40)35-16-8-3-9-17-35)26-29-42(41)43-38-27-24-34(25-28-38)32-14-6-2-7-15-32/h1-30,41-43H. The van der Waals surface area contributed by atoms with Crippen molar-refractivity contribution in [2.45, 2.75) is 12.0 Å². The summed E-state index contributed by atoms with van der Waals surface area (Å²) < 4.78 is 0. The van der Waals surface area contributed by atoms with Crippen molar-refractivity contribution in [3.05, 3.63) is 193 Å². The smallest absolute Gasteiger partial charge is 0.0551 e. The minimum absolute atomic E-state index is 0.109. The third kappa shape index (κ3) is 5.84. The van der Waals surface area contributed by atoms with Gasteiger partial charge in [0.2, 0.25) is 0 Å². The van der Waals surface area contributed by atoms with Gasteiger partial charge in [-0.25, -0.2) is 0 Å². The van der Waals surface area contributed by atoms with Crippen molar-refractivity contribution in [1.82, 2.24) is 0 Å². The summed E-state index contributed by atoms with van der Waals surface area (Å²) in [6.07, 6.45) is 7.06. The van der Waals surface area contributed by atoms with Crippen LogP contribution in [0.3, 0.4) is 0 Å². The Morgan fingerprint density at radius 3 is 1.44 bits per heavy atom. The molecular formula is C42H33N. The Morgan fingerprint density at radius 2 is 0.860 bits per heavy atom. The van der Waals surface area contributed by atoms with Gasteiger partial charge < -0.3 is 5.32 Å². The predicted molar refractivity (Wildman–Crippen MR) is 183 cm³/mol. The average Bonchev–Trinajstić information content (AvgIpc) is 3.10. The molecular weight excluding hydrogens is 518 g/mol. The first-order chi connectivity index (χ1) is 21.3. The molecule has 2 atom stereocenters. The molecule has 1 aliphatic carbocycles. The van der Waals surface area contributed by atoms with E-state index in [0.29, 0.717) is 0 Å². The fourth-order valence-electron chi connectivity index (χ4n) is 6.02. The molecule has 1 N–H and O–H groups in total. The number of benzene rings is 6. The molecule has 1 nitrogen and oxygen atoms in total. The first-order valence-electron chi connectivity index (χ1n) is 14.9. The van der Waals surface area contributed by atoms with Gasteiger partial charge in [-0.2, -0.15) is 0 Å². The number of allylic oxidation sites excluding steroid dienone is 2. The Hall–Kier alpha value is -5.40. The Bertz CT molecular complexity index is 1850. The van der Waals surface area contributed by atoms with Gasteiger partial charge in [-0.1, -0.05) is 170 Å². The van der Waals surface area contributed by atoms with E-state index in [1.807, 2.05) is 0 Å². The van der Waals surface area contributed by atoms with E-state index < -0.39 is 0 Å². The Balaban J connectivity index is 1.23. The SMILES string of the molecule is C1=CC(Nc2ccc(-c3ccccc3)cc2)C(c2ccc(-c3ccccc3)cc2)C=C1c1ccccc1-c1ccccc1. The molecule has 0 saturated heterocycles. The van der Waals surface area contributed by atoms with Crippen LogP contribution in [0.15, 0.2) is 182 Å². The third-order valence-electron chi connectivity index (χ3n) is 8.28. The molecule has 0 bridgehead atoms. The van der Waals surface area contributed by atoms with Crippen LogP contribution in [0.4, 0.5) is 5.69 Å². The van der Waals surface area contributed by atoms with Gasteiger partial charge in [-0.15, -0.1) is 0 Å². The number of rotatable bonds is 7. The maximum absolute atomic E-state index is 3.84. The maximum Gasteiger partial charge on any atom is 0.0551 e. The van der Waals surface area contributed by atoms with Crippen molar-refractivity contribution in [2.24, 2.45) is 0 Å². The first-order valence-corrected chi connectivity index (χ1v) is 14.9. The molecule has 6 aromatic rings. The third-order valence-corrected chi connectivity index (χ3v) is 8.28. The van der Waals surface area contributed by atoms with Gasteiger partial charge in [0.15, 0.2) is 0 Å². The molecule has 0 aromatic heterocycles. The molecule has 7 rings (SSSR count). The summed E-state index contributed by atoms with van der Waals surface area (Å²) in [6, 6.07) is 58.5. The van der Waals surface area contributed by atoms with Crippen LogP contribution in [0.2, 0.25) is 0 Å². The lowest BCUT2D eigenvalue weighted by Crippen LogP contribution is -2.26. The van der Waals surface area contributed by atoms with E-state index in [4.69, 9.17) is 0 Å². The topological polar surface area (TPSA) is 12.0 Å². The van der Waals surface area contributed by atoms with Crippen molar-refractivity contribution in [3.63, 3.8) is 0 Å². The molecule has 2 unspecified atom stereocenters. The zero-order valence-electron chi connectivity index (χ0n) is 24.0. The molecule has 0 heterocycles. The zero-order valence-corrected chi connectivity index (χ0v) is 24.0. The molecule has 1 aliphatic rings. The second kappa shape index (κ2) is 12.2. The summed E-state index contributed by atoms with van der Waals surface area (Å²) in [5.41, 5.74) is 12.3. The maximum atomic E-state index is 3.84. The Morgan fingerprint density at radius 1 is 0.395 bits per heavy atom. The summed E-state index contributed by atoms with van der Waals surface area (Å²) >= 11 is 0. The molecule has 0 amide bonds. The van der Waals surface area contributed by atoms with Crippen LogP contribution >= 0.6 is 0 Å². The van der Waals surface area contributed by atoms with E-state index >= 15 is 0 Å². The van der Waals surface area contributed by atoms with Gasteiger partial charge in [-0.3, -0.25) is 0 Å². The van der Waals surface area contributed by atoms with Gasteiger partial charge in [0.25, 0.3) is 0 Å². The zero-order chi connectivity index (χ0) is 28.8. The van der Waals surface area contributed by atoms with E-state index in [2.05, 4.69) is 187 Å². The lowest BCUT2D eigenvalue weighted by atomic mass is 9.82. The molecule has 0 radical (unpaired) electrons. The summed E-state index contributed by atoms with van der Waals surface area (Å²) in [6.45, 7) is 0. The van der Waals surface area contributed by atoms with E-state index in [-0.39, 0.29) is 12.0 Å². The predicted octanol–water partition coefficient (Wildman–Crippen LogP) is 10.9. The minimum Gasteiger partial charge on any atom is -0.378 e. The molecule has 206 valence electrons. The van der Waals surface area contributed by atoms with Gasteiger partial charge in [0.05, 0.1) is 6.04 Å². The fraction of sp³-hybridized carbons (Fsp3) is 0.0476. The van der Waals surface area contributed by atoms with Crippen LogP contribution in [0, 0.1) is 0 Å². The van der Waals surface area contributed by atoms with Crippen LogP contribution in [0.25, 0.3) is 39.0 Å². The van der Waals surface area contributed by atoms with Gasteiger partial charge in [0, 0.05) is 11.6 Å². The van der Waals surface area contributed by atoms with Gasteiger partial charge in [0.1, 0.15) is 0 Å². The lowest BCUT2D eigenvalue weighted by Gasteiger charge is -2.29. The fourth-order valence-corrected chi connectivity index (χ4v) is 6.02. The molecule has 0 spiro atoms. The van der Waals surface area contributed by atoms with E-state index in [1.165, 1.54) is 50.1 Å². The number of hydrogen-bond donors (Lipinski definition) is 1. The molecule has 0 aliphatic heterocycles. The normalized spacial score (nSPS) is 16.0. The monoisotopic (exact) mass is 551 g/mol. The highest BCUT2D eigenvalue weighted by molar-refractivity contribution is 5.87. The number of hydrogen-bond acceptors (Lipinski definition) is 1. The first kappa shape index (κ1) is 26.5. The quantitative estimate of drug-likeness (QED) is 0.208. The molecule has 1 heteroatoms. The Kier molecular flexibility index (Phi) is 7.53. The average molecular weight is 552 g/mol. The summed E-state index contributed by atoms with van der Waals surface area (Å²) in [5.74, 6) is 0.155. The highest BCUT2D eigenvalue weighted by atomic mass is 14.9. The summed E-state index contributed by atoms with van der Waals surface area (Å²) in [7, 11) is 0. The van der Waals surface area contributed by atoms with Crippen LogP contribution in [0.1, 0.15) is 17.0 Å². The molecule has 0 fully saturated rings. The van der Waals surface area contributed by atoms with Gasteiger partial charge in [-0.05, 0) is 62.2 Å². The van der Waals surface area contributed by atoms with Crippen LogP contribution in [0.5, 0.6) is 0 Å². The van der Waals surface area contributed by atoms with Gasteiger partial charge >= 0.3 is 0 Å². The molecule has 0 saturated carbocycles. The van der Waals surface area contributed by atoms with Crippen LogP contribution in [-0.2, 0) is 0 Å². The van der Waals surface area contributed by atoms with Crippen molar-refractivity contribution in [2.75, 3.05) is 5.32 Å². The second-order valence-electron chi connectivity index (χ2n) is 11.0. The van der Waals surface area contributed by atoms with Crippen LogP contribution in [-0.4, -0.2) is 6.04 Å². The van der Waals surface area contributed by atoms with Crippen molar-refractivity contribution in [1.29, 1.82) is 0 Å². The van der Waals surface area contributed by atoms with Crippen LogP contribution < -0.4 is 5.32 Å². The van der Waals surface area contributed by atoms with E-state index in [1.54, 1.807) is 0 Å².